The van der Waals surface area contributed by atoms with Gasteiger partial charge in [0, 0.05) is 26.2 Å². The van der Waals surface area contributed by atoms with Crippen molar-refractivity contribution in [1.29, 1.82) is 0 Å². The van der Waals surface area contributed by atoms with Gasteiger partial charge in [-0.1, -0.05) is 36.4 Å². The van der Waals surface area contributed by atoms with Gasteiger partial charge in [0.15, 0.2) is 11.5 Å². The van der Waals surface area contributed by atoms with E-state index >= 15 is 0 Å². The van der Waals surface area contributed by atoms with Crippen molar-refractivity contribution in [3.8, 4) is 11.5 Å². The first-order valence-electron chi connectivity index (χ1n) is 8.76. The number of hydrogen-bond donors (Lipinski definition) is 1. The summed E-state index contributed by atoms with van der Waals surface area (Å²) in [5.74, 6) is 1.02. The minimum Gasteiger partial charge on any atom is -0.493 e. The van der Waals surface area contributed by atoms with Crippen LogP contribution in [0.2, 0.25) is 0 Å². The van der Waals surface area contributed by atoms with Crippen molar-refractivity contribution in [3.63, 3.8) is 0 Å². The normalized spacial score (nSPS) is 15.3. The molecular formula is C20H26Cl2F2N2O2. The van der Waals surface area contributed by atoms with E-state index in [2.05, 4.69) is 5.32 Å². The zero-order chi connectivity index (χ0) is 18.4. The van der Waals surface area contributed by atoms with Gasteiger partial charge in [-0.3, -0.25) is 4.90 Å². The number of piperazine rings is 1. The summed E-state index contributed by atoms with van der Waals surface area (Å²) in [5, 5.41) is 3.19. The summed E-state index contributed by atoms with van der Waals surface area (Å²) >= 11 is 0. The predicted molar refractivity (Wildman–Crippen MR) is 111 cm³/mol. The summed E-state index contributed by atoms with van der Waals surface area (Å²) in [5.41, 5.74) is 1.58. The number of methoxy groups -OCH3 is 1. The molecule has 1 heterocycles. The van der Waals surface area contributed by atoms with E-state index in [4.69, 9.17) is 9.47 Å². The van der Waals surface area contributed by atoms with Crippen molar-refractivity contribution in [2.24, 2.45) is 0 Å². The first-order chi connectivity index (χ1) is 12.7. The van der Waals surface area contributed by atoms with Gasteiger partial charge in [-0.15, -0.1) is 24.8 Å². The highest BCUT2D eigenvalue weighted by Gasteiger charge is 2.30. The molecule has 1 N–H and O–H groups in total. The van der Waals surface area contributed by atoms with Gasteiger partial charge in [-0.05, 0) is 23.3 Å². The van der Waals surface area contributed by atoms with Crippen LogP contribution in [0.1, 0.15) is 17.2 Å². The van der Waals surface area contributed by atoms with Gasteiger partial charge in [0.2, 0.25) is 0 Å². The SMILES string of the molecule is COc1cc([C@@H](C(F)F)N2CCNCC2)ccc1OCc1ccccc1.Cl.Cl. The molecule has 28 heavy (non-hydrogen) atoms. The molecule has 1 aliphatic heterocycles. The smallest absolute Gasteiger partial charge is 0.258 e. The minimum absolute atomic E-state index is 0. The quantitative estimate of drug-likeness (QED) is 0.702. The zero-order valence-corrected chi connectivity index (χ0v) is 17.3. The number of alkyl halides is 2. The van der Waals surface area contributed by atoms with Crippen LogP contribution < -0.4 is 14.8 Å². The maximum absolute atomic E-state index is 13.7. The van der Waals surface area contributed by atoms with E-state index < -0.39 is 12.5 Å². The number of benzene rings is 2. The Kier molecular flexibility index (Phi) is 10.5. The first kappa shape index (κ1) is 24.4. The van der Waals surface area contributed by atoms with Crippen molar-refractivity contribution < 1.29 is 18.3 Å². The van der Waals surface area contributed by atoms with E-state index in [0.717, 1.165) is 18.7 Å². The molecule has 0 bridgehead atoms. The summed E-state index contributed by atoms with van der Waals surface area (Å²) in [6.07, 6.45) is -2.46. The number of nitrogens with zero attached hydrogens (tertiary/aromatic N) is 1. The minimum atomic E-state index is -2.46. The molecule has 0 spiro atoms. The van der Waals surface area contributed by atoms with Gasteiger partial charge in [0.1, 0.15) is 6.61 Å². The lowest BCUT2D eigenvalue weighted by molar-refractivity contribution is 0.0180. The molecule has 0 aliphatic carbocycles. The molecule has 0 aromatic heterocycles. The van der Waals surface area contributed by atoms with E-state index in [0.29, 0.717) is 36.8 Å². The van der Waals surface area contributed by atoms with Gasteiger partial charge in [0.05, 0.1) is 13.2 Å². The van der Waals surface area contributed by atoms with Gasteiger partial charge in [0.25, 0.3) is 6.43 Å². The van der Waals surface area contributed by atoms with Crippen LogP contribution in [0.5, 0.6) is 11.5 Å². The lowest BCUT2D eigenvalue weighted by Crippen LogP contribution is -2.46. The molecule has 0 unspecified atom stereocenters. The molecule has 0 radical (unpaired) electrons. The molecule has 1 atom stereocenters. The summed E-state index contributed by atoms with van der Waals surface area (Å²) < 4.78 is 38.7. The Labute approximate surface area is 177 Å². The third-order valence-corrected chi connectivity index (χ3v) is 4.55. The second kappa shape index (κ2) is 12.1. The monoisotopic (exact) mass is 434 g/mol. The maximum Gasteiger partial charge on any atom is 0.258 e. The first-order valence-corrected chi connectivity index (χ1v) is 8.76. The standard InChI is InChI=1S/C20H24F2N2O2.2ClH/c1-25-18-13-16(19(20(21)22)24-11-9-23-10-12-24)7-8-17(18)26-14-15-5-3-2-4-6-15;;/h2-8,13,19-20,23H,9-12,14H2,1H3;2*1H/t19-;;/m0../s1. The second-order valence-electron chi connectivity index (χ2n) is 6.25. The highest BCUT2D eigenvalue weighted by Crippen LogP contribution is 2.35. The van der Waals surface area contributed by atoms with E-state index in [1.165, 1.54) is 7.11 Å². The van der Waals surface area contributed by atoms with Crippen LogP contribution in [0.15, 0.2) is 48.5 Å². The Balaban J connectivity index is 0.00000196. The molecule has 0 saturated carbocycles. The van der Waals surface area contributed by atoms with Crippen LogP contribution in [0.25, 0.3) is 0 Å². The molecule has 1 fully saturated rings. The topological polar surface area (TPSA) is 33.7 Å². The average molecular weight is 435 g/mol. The Bertz CT molecular complexity index is 702. The fourth-order valence-corrected chi connectivity index (χ4v) is 3.20. The Hall–Kier alpha value is -1.60. The van der Waals surface area contributed by atoms with Gasteiger partial charge >= 0.3 is 0 Å². The molecule has 0 amide bonds. The van der Waals surface area contributed by atoms with Gasteiger partial charge in [-0.25, -0.2) is 8.78 Å². The summed E-state index contributed by atoms with van der Waals surface area (Å²) in [4.78, 5) is 1.82. The molecule has 8 heteroatoms. The number of ether oxygens (including phenoxy) is 2. The highest BCUT2D eigenvalue weighted by molar-refractivity contribution is 5.85. The largest absolute Gasteiger partial charge is 0.493 e. The fraction of sp³-hybridized carbons (Fsp3) is 0.400. The lowest BCUT2D eigenvalue weighted by Gasteiger charge is -2.34. The highest BCUT2D eigenvalue weighted by atomic mass is 35.5. The van der Waals surface area contributed by atoms with Crippen LogP contribution >= 0.6 is 24.8 Å². The molecule has 3 rings (SSSR count). The Morgan fingerprint density at radius 1 is 1.00 bits per heavy atom. The maximum atomic E-state index is 13.7. The molecule has 2 aromatic carbocycles. The molecule has 1 saturated heterocycles. The third kappa shape index (κ3) is 6.21. The van der Waals surface area contributed by atoms with Crippen LogP contribution in [-0.4, -0.2) is 44.6 Å². The van der Waals surface area contributed by atoms with Crippen LogP contribution in [0.4, 0.5) is 8.78 Å². The van der Waals surface area contributed by atoms with E-state index in [1.807, 2.05) is 35.2 Å². The van der Waals surface area contributed by atoms with E-state index in [9.17, 15) is 8.78 Å². The van der Waals surface area contributed by atoms with Crippen molar-refractivity contribution >= 4 is 24.8 Å². The summed E-state index contributed by atoms with van der Waals surface area (Å²) in [7, 11) is 1.52. The van der Waals surface area contributed by atoms with Gasteiger partial charge < -0.3 is 14.8 Å². The number of halogens is 4. The van der Waals surface area contributed by atoms with Crippen LogP contribution in [0.3, 0.4) is 0 Å². The van der Waals surface area contributed by atoms with E-state index in [1.54, 1.807) is 18.2 Å². The second-order valence-corrected chi connectivity index (χ2v) is 6.25. The van der Waals surface area contributed by atoms with Crippen molar-refractivity contribution in [2.75, 3.05) is 33.3 Å². The molecular weight excluding hydrogens is 409 g/mol. The number of hydrogen-bond acceptors (Lipinski definition) is 4. The van der Waals surface area contributed by atoms with Crippen molar-refractivity contribution in [1.82, 2.24) is 10.2 Å². The molecule has 156 valence electrons. The molecule has 1 aliphatic rings. The summed E-state index contributed by atoms with van der Waals surface area (Å²) in [6.45, 7) is 3.04. The third-order valence-electron chi connectivity index (χ3n) is 4.55. The number of rotatable bonds is 7. The molecule has 2 aromatic rings. The lowest BCUT2D eigenvalue weighted by atomic mass is 10.0. The van der Waals surface area contributed by atoms with Crippen molar-refractivity contribution in [2.45, 2.75) is 19.1 Å². The van der Waals surface area contributed by atoms with Crippen molar-refractivity contribution in [3.05, 3.63) is 59.7 Å². The van der Waals surface area contributed by atoms with Crippen LogP contribution in [0, 0.1) is 0 Å². The zero-order valence-electron chi connectivity index (χ0n) is 15.6. The Morgan fingerprint density at radius 3 is 2.29 bits per heavy atom. The molecule has 4 nitrogen and oxygen atoms in total. The Morgan fingerprint density at radius 2 is 1.68 bits per heavy atom. The van der Waals surface area contributed by atoms with Gasteiger partial charge in [-0.2, -0.15) is 0 Å². The average Bonchev–Trinajstić information content (AvgIpc) is 2.68. The number of nitrogens with one attached hydrogen (secondary N) is 1. The fourth-order valence-electron chi connectivity index (χ4n) is 3.20. The predicted octanol–water partition coefficient (Wildman–Crippen LogP) is 4.33. The van der Waals surface area contributed by atoms with E-state index in [-0.39, 0.29) is 24.8 Å². The van der Waals surface area contributed by atoms with Crippen LogP contribution in [-0.2, 0) is 6.61 Å². The summed E-state index contributed by atoms with van der Waals surface area (Å²) in [6, 6.07) is 13.9.